The fourth-order valence-electron chi connectivity index (χ4n) is 7.80. The Morgan fingerprint density at radius 1 is 0.382 bits per heavy atom. The lowest BCUT2D eigenvalue weighted by molar-refractivity contribution is 0.119. The molecule has 2 unspecified atom stereocenters. The van der Waals surface area contributed by atoms with E-state index < -0.39 is 0 Å². The van der Waals surface area contributed by atoms with Crippen molar-refractivity contribution in [2.24, 2.45) is 0 Å². The number of anilines is 4. The molecule has 0 bridgehead atoms. The average molecular weight is 751 g/mol. The van der Waals surface area contributed by atoms with Gasteiger partial charge in [-0.05, 0) is 117 Å². The lowest BCUT2D eigenvalue weighted by Crippen LogP contribution is -2.23. The van der Waals surface area contributed by atoms with E-state index in [0.717, 1.165) is 75.0 Å². The Kier molecular flexibility index (Phi) is 17.6. The van der Waals surface area contributed by atoms with Crippen LogP contribution in [0.5, 0.6) is 11.5 Å². The number of ether oxygens (including phenoxy) is 3. The highest BCUT2D eigenvalue weighted by Crippen LogP contribution is 2.39. The van der Waals surface area contributed by atoms with Gasteiger partial charge in [0.25, 0.3) is 0 Å². The topological polar surface area (TPSA) is 40.7 Å². The zero-order chi connectivity index (χ0) is 39.7. The van der Waals surface area contributed by atoms with Gasteiger partial charge < -0.3 is 33.8 Å². The molecular weight excluding hydrogens is 681 g/mol. The van der Waals surface area contributed by atoms with Gasteiger partial charge in [0.1, 0.15) is 11.5 Å². The van der Waals surface area contributed by atoms with Gasteiger partial charge in [0.15, 0.2) is 0 Å². The molecule has 55 heavy (non-hydrogen) atoms. The van der Waals surface area contributed by atoms with Crippen molar-refractivity contribution in [2.45, 2.75) is 81.1 Å². The van der Waals surface area contributed by atoms with Gasteiger partial charge in [-0.25, -0.2) is 0 Å². The summed E-state index contributed by atoms with van der Waals surface area (Å²) >= 11 is 0. The molecule has 4 aromatic rings. The highest BCUT2D eigenvalue weighted by atomic mass is 16.5. The Hall–Kier alpha value is -4.36. The minimum atomic E-state index is -0.0276. The summed E-state index contributed by atoms with van der Waals surface area (Å²) in [5, 5.41) is 0. The van der Waals surface area contributed by atoms with E-state index in [1.165, 1.54) is 33.9 Å². The lowest BCUT2D eigenvalue weighted by atomic mass is 9.89. The van der Waals surface area contributed by atoms with Gasteiger partial charge in [-0.2, -0.15) is 0 Å². The monoisotopic (exact) mass is 751 g/mol. The summed E-state index contributed by atoms with van der Waals surface area (Å²) < 4.78 is 19.8. The molecule has 0 aliphatic rings. The minimum absolute atomic E-state index is 0.0276. The number of benzene rings is 4. The molecule has 0 saturated heterocycles. The Labute approximate surface area is 334 Å². The van der Waals surface area contributed by atoms with E-state index in [4.69, 9.17) is 14.2 Å². The van der Waals surface area contributed by atoms with Crippen LogP contribution in [0.1, 0.15) is 103 Å². The number of hydrogen-bond acceptors (Lipinski definition) is 7. The van der Waals surface area contributed by atoms with Crippen LogP contribution in [0.3, 0.4) is 0 Å². The summed E-state index contributed by atoms with van der Waals surface area (Å²) in [6.45, 7) is 31.6. The Balaban J connectivity index is 1.78. The Morgan fingerprint density at radius 3 is 0.964 bits per heavy atom. The molecule has 0 radical (unpaired) electrons. The van der Waals surface area contributed by atoms with Gasteiger partial charge in [0.05, 0.1) is 26.4 Å². The molecule has 4 aromatic carbocycles. The Morgan fingerprint density at radius 2 is 0.673 bits per heavy atom. The predicted molar refractivity (Wildman–Crippen MR) is 237 cm³/mol. The van der Waals surface area contributed by atoms with Crippen LogP contribution in [-0.2, 0) is 4.74 Å². The molecular formula is C48H70N4O3. The number of hydrogen-bond donors (Lipinski definition) is 0. The molecule has 0 fully saturated rings. The fourth-order valence-corrected chi connectivity index (χ4v) is 7.80. The van der Waals surface area contributed by atoms with Crippen LogP contribution in [0.25, 0.3) is 0 Å². The van der Waals surface area contributed by atoms with Gasteiger partial charge in [-0.3, -0.25) is 0 Å². The van der Waals surface area contributed by atoms with E-state index in [9.17, 15) is 0 Å². The van der Waals surface area contributed by atoms with Crippen molar-refractivity contribution in [1.29, 1.82) is 0 Å². The summed E-state index contributed by atoms with van der Waals surface area (Å²) in [4.78, 5) is 9.51. The maximum absolute atomic E-state index is 6.97. The first-order chi connectivity index (χ1) is 26.8. The van der Waals surface area contributed by atoms with Crippen LogP contribution in [0, 0.1) is 0 Å². The molecule has 0 aliphatic carbocycles. The zero-order valence-electron chi connectivity index (χ0n) is 35.7. The first-order valence-electron chi connectivity index (χ1n) is 21.1. The predicted octanol–water partition coefficient (Wildman–Crippen LogP) is 10.8. The summed E-state index contributed by atoms with van der Waals surface area (Å²) in [7, 11) is 0. The van der Waals surface area contributed by atoms with Gasteiger partial charge >= 0.3 is 0 Å². The largest absolute Gasteiger partial charge is 0.493 e. The van der Waals surface area contributed by atoms with E-state index in [0.29, 0.717) is 26.4 Å². The van der Waals surface area contributed by atoms with Crippen molar-refractivity contribution < 1.29 is 14.2 Å². The molecule has 0 N–H and O–H groups in total. The first kappa shape index (κ1) is 43.4. The third-order valence-electron chi connectivity index (χ3n) is 11.0. The highest BCUT2D eigenvalue weighted by Gasteiger charge is 2.25. The maximum Gasteiger partial charge on any atom is 0.125 e. The molecule has 0 saturated carbocycles. The summed E-state index contributed by atoms with van der Waals surface area (Å²) in [5.74, 6) is 1.78. The fraction of sp³-hybridized carbons (Fsp3) is 0.500. The van der Waals surface area contributed by atoms with Crippen LogP contribution in [-0.4, -0.2) is 78.8 Å². The van der Waals surface area contributed by atoms with Crippen LogP contribution in [0.2, 0.25) is 0 Å². The van der Waals surface area contributed by atoms with Crippen LogP contribution in [0.15, 0.2) is 84.9 Å². The number of rotatable bonds is 24. The summed E-state index contributed by atoms with van der Waals surface area (Å²) in [5.41, 5.74) is 9.55. The van der Waals surface area contributed by atoms with Gasteiger partial charge in [-0.15, -0.1) is 0 Å². The highest BCUT2D eigenvalue weighted by molar-refractivity contribution is 5.59. The molecule has 0 aromatic heterocycles. The molecule has 0 amide bonds. The smallest absolute Gasteiger partial charge is 0.125 e. The van der Waals surface area contributed by atoms with E-state index >= 15 is 0 Å². The molecule has 7 nitrogen and oxygen atoms in total. The maximum atomic E-state index is 6.97. The summed E-state index contributed by atoms with van der Waals surface area (Å²) in [6, 6.07) is 31.6. The molecule has 4 rings (SSSR count). The SMILES string of the molecule is CCOc1cc(N(CC)CC)ccc1C(COCC(c1ccc(N(CC)CC)cc1)c1ccc(N(CC)CC)cc1OCC)c1ccc(N(CC)CC)cc1. The standard InChI is InChI=1S/C48H70N4O3/c1-11-49(12-2)39-25-21-37(22-26-39)45(43-31-29-41(51(15-5)16-6)33-47(43)54-19-9)35-53-36-46(38-23-27-40(28-24-38)50(13-3)14-4)44-32-30-42(52(17-7)18-8)34-48(44)55-20-10/h21-34,45-46H,11-20,35-36H2,1-10H3. The second-order valence-corrected chi connectivity index (χ2v) is 13.8. The molecule has 0 spiro atoms. The minimum Gasteiger partial charge on any atom is -0.493 e. The Bertz CT molecular complexity index is 1550. The van der Waals surface area contributed by atoms with E-state index in [-0.39, 0.29) is 11.8 Å². The summed E-state index contributed by atoms with van der Waals surface area (Å²) in [6.07, 6.45) is 0. The van der Waals surface area contributed by atoms with Crippen molar-refractivity contribution in [3.63, 3.8) is 0 Å². The molecule has 7 heteroatoms. The number of nitrogens with zero attached hydrogens (tertiary/aromatic N) is 4. The quantitative estimate of drug-likeness (QED) is 0.0706. The van der Waals surface area contributed by atoms with E-state index in [2.05, 4.69) is 174 Å². The molecule has 2 atom stereocenters. The third-order valence-corrected chi connectivity index (χ3v) is 11.0. The average Bonchev–Trinajstić information content (AvgIpc) is 3.21. The first-order valence-corrected chi connectivity index (χ1v) is 21.1. The molecule has 300 valence electrons. The third kappa shape index (κ3) is 10.9. The van der Waals surface area contributed by atoms with E-state index in [1.807, 2.05) is 0 Å². The van der Waals surface area contributed by atoms with Crippen molar-refractivity contribution in [1.82, 2.24) is 0 Å². The van der Waals surface area contributed by atoms with Gasteiger partial charge in [0.2, 0.25) is 0 Å². The van der Waals surface area contributed by atoms with E-state index in [1.54, 1.807) is 0 Å². The molecule has 0 heterocycles. The van der Waals surface area contributed by atoms with Crippen molar-refractivity contribution in [3.05, 3.63) is 107 Å². The van der Waals surface area contributed by atoms with Crippen molar-refractivity contribution in [3.8, 4) is 11.5 Å². The lowest BCUT2D eigenvalue weighted by Gasteiger charge is -2.28. The molecule has 0 aliphatic heterocycles. The van der Waals surface area contributed by atoms with Gasteiger partial charge in [-0.1, -0.05) is 36.4 Å². The van der Waals surface area contributed by atoms with Crippen LogP contribution in [0.4, 0.5) is 22.7 Å². The van der Waals surface area contributed by atoms with Crippen LogP contribution >= 0.6 is 0 Å². The van der Waals surface area contributed by atoms with Crippen molar-refractivity contribution >= 4 is 22.7 Å². The second kappa shape index (κ2) is 22.3. The zero-order valence-corrected chi connectivity index (χ0v) is 35.7. The second-order valence-electron chi connectivity index (χ2n) is 13.8. The normalized spacial score (nSPS) is 12.3. The van der Waals surface area contributed by atoms with Crippen LogP contribution < -0.4 is 29.1 Å². The van der Waals surface area contributed by atoms with Crippen molar-refractivity contribution in [2.75, 3.05) is 98.4 Å². The van der Waals surface area contributed by atoms with Gasteiger partial charge in [0, 0.05) is 110 Å².